The molecule has 4 aromatic rings. The Bertz CT molecular complexity index is 1660. The molecular weight excluding hydrogens is 531 g/mol. The summed E-state index contributed by atoms with van der Waals surface area (Å²) in [4.78, 5) is 33.8. The third kappa shape index (κ3) is 4.70. The van der Waals surface area contributed by atoms with Gasteiger partial charge in [-0.2, -0.15) is 0 Å². The zero-order valence-corrected chi connectivity index (χ0v) is 22.9. The fourth-order valence-corrected chi connectivity index (χ4v) is 5.95. The second-order valence-electron chi connectivity index (χ2n) is 9.91. The molecule has 1 amide bonds. The van der Waals surface area contributed by atoms with Gasteiger partial charge in [0, 0.05) is 17.6 Å². The van der Waals surface area contributed by atoms with Crippen molar-refractivity contribution in [3.05, 3.63) is 105 Å². The van der Waals surface area contributed by atoms with Gasteiger partial charge in [0.15, 0.2) is 6.10 Å². The van der Waals surface area contributed by atoms with Crippen molar-refractivity contribution in [3.8, 4) is 0 Å². The van der Waals surface area contributed by atoms with Crippen molar-refractivity contribution in [1.29, 1.82) is 0 Å². The molecule has 0 fully saturated rings. The predicted molar refractivity (Wildman–Crippen MR) is 156 cm³/mol. The average Bonchev–Trinajstić information content (AvgIpc) is 3.38. The molecule has 1 aromatic heterocycles. The van der Waals surface area contributed by atoms with Crippen molar-refractivity contribution in [2.24, 2.45) is 0 Å². The summed E-state index contributed by atoms with van der Waals surface area (Å²) >= 11 is 12.7. The average molecular weight is 557 g/mol. The van der Waals surface area contributed by atoms with Crippen LogP contribution in [0.5, 0.6) is 0 Å². The Morgan fingerprint density at radius 2 is 1.77 bits per heavy atom. The number of fused-ring (bicyclic) bond motifs is 3. The summed E-state index contributed by atoms with van der Waals surface area (Å²) in [7, 11) is 0. The van der Waals surface area contributed by atoms with Gasteiger partial charge < -0.3 is 9.64 Å². The van der Waals surface area contributed by atoms with Gasteiger partial charge in [-0.1, -0.05) is 71.7 Å². The zero-order chi connectivity index (χ0) is 27.1. The van der Waals surface area contributed by atoms with Gasteiger partial charge in [0.1, 0.15) is 0 Å². The fourth-order valence-electron chi connectivity index (χ4n) is 5.58. The maximum Gasteiger partial charge on any atom is 0.339 e. The highest BCUT2D eigenvalue weighted by atomic mass is 35.5. The molecule has 5 nitrogen and oxygen atoms in total. The summed E-state index contributed by atoms with van der Waals surface area (Å²) in [6.07, 6.45) is 4.17. The number of rotatable bonds is 4. The Labute approximate surface area is 237 Å². The standard InChI is InChI=1S/C32H26Cl2N2O3/c1-19(31(37)36-17-16-20-8-2-5-15-27(20)36)39-32(38)28-23-11-3-4-14-26(23)35-30-22(10-6-12-24(28)30)18-21-9-7-13-25(33)29(21)34/h2-5,7-9,11,13-15,18-19H,6,10,12,16-17H2,1H3. The van der Waals surface area contributed by atoms with E-state index in [4.69, 9.17) is 32.9 Å². The molecule has 0 N–H and O–H groups in total. The van der Waals surface area contributed by atoms with Crippen LogP contribution in [0.25, 0.3) is 22.6 Å². The minimum Gasteiger partial charge on any atom is -0.449 e. The Balaban J connectivity index is 1.37. The smallest absolute Gasteiger partial charge is 0.339 e. The second-order valence-corrected chi connectivity index (χ2v) is 10.7. The molecule has 0 spiro atoms. The number of aromatic nitrogens is 1. The largest absolute Gasteiger partial charge is 0.449 e. The minimum absolute atomic E-state index is 0.225. The van der Waals surface area contributed by atoms with Crippen LogP contribution < -0.4 is 4.90 Å². The van der Waals surface area contributed by atoms with Gasteiger partial charge >= 0.3 is 5.97 Å². The third-order valence-corrected chi connectivity index (χ3v) is 8.30. The quantitative estimate of drug-likeness (QED) is 0.243. The van der Waals surface area contributed by atoms with E-state index >= 15 is 0 Å². The lowest BCUT2D eigenvalue weighted by Gasteiger charge is -2.25. The first-order valence-electron chi connectivity index (χ1n) is 13.1. The van der Waals surface area contributed by atoms with E-state index in [2.05, 4.69) is 0 Å². The van der Waals surface area contributed by atoms with E-state index in [1.165, 1.54) is 0 Å². The molecule has 196 valence electrons. The molecule has 6 rings (SSSR count). The van der Waals surface area contributed by atoms with Crippen LogP contribution in [0.3, 0.4) is 0 Å². The summed E-state index contributed by atoms with van der Waals surface area (Å²) in [5, 5.41) is 1.68. The summed E-state index contributed by atoms with van der Waals surface area (Å²) in [5.74, 6) is -0.739. The summed E-state index contributed by atoms with van der Waals surface area (Å²) in [6, 6.07) is 20.9. The molecule has 2 heterocycles. The van der Waals surface area contributed by atoms with Crippen molar-refractivity contribution in [1.82, 2.24) is 4.98 Å². The summed E-state index contributed by atoms with van der Waals surface area (Å²) in [5.41, 5.74) is 6.55. The molecule has 1 atom stereocenters. The van der Waals surface area contributed by atoms with E-state index in [1.807, 2.05) is 66.7 Å². The number of allylic oxidation sites excluding steroid dienone is 1. The minimum atomic E-state index is -0.935. The van der Waals surface area contributed by atoms with Crippen molar-refractivity contribution in [2.45, 2.75) is 38.7 Å². The van der Waals surface area contributed by atoms with E-state index in [0.717, 1.165) is 58.3 Å². The molecule has 1 aliphatic carbocycles. The number of para-hydroxylation sites is 2. The number of hydrogen-bond acceptors (Lipinski definition) is 4. The molecular formula is C32H26Cl2N2O3. The van der Waals surface area contributed by atoms with Crippen molar-refractivity contribution >= 4 is 63.3 Å². The molecule has 0 bridgehead atoms. The van der Waals surface area contributed by atoms with Gasteiger partial charge in [0.25, 0.3) is 5.91 Å². The number of carbonyl (C=O) groups excluding carboxylic acids is 2. The number of esters is 1. The first-order valence-corrected chi connectivity index (χ1v) is 13.8. The molecule has 0 saturated heterocycles. The molecule has 0 radical (unpaired) electrons. The van der Waals surface area contributed by atoms with Gasteiger partial charge in [0.05, 0.1) is 26.8 Å². The van der Waals surface area contributed by atoms with Gasteiger partial charge in [0.2, 0.25) is 0 Å². The SMILES string of the molecule is CC(OC(=O)c1c2c(nc3ccccc13)C(=Cc1cccc(Cl)c1Cl)CCC2)C(=O)N1CCc2ccccc21. The van der Waals surface area contributed by atoms with E-state index < -0.39 is 12.1 Å². The van der Waals surface area contributed by atoms with Crippen molar-refractivity contribution < 1.29 is 14.3 Å². The monoisotopic (exact) mass is 556 g/mol. The highest BCUT2D eigenvalue weighted by Gasteiger charge is 2.32. The normalized spacial score (nSPS) is 16.2. The first-order chi connectivity index (χ1) is 18.9. The maximum atomic E-state index is 13.8. The lowest BCUT2D eigenvalue weighted by atomic mass is 9.86. The van der Waals surface area contributed by atoms with Crippen molar-refractivity contribution in [3.63, 3.8) is 0 Å². The Morgan fingerprint density at radius 1 is 0.974 bits per heavy atom. The van der Waals surface area contributed by atoms with E-state index in [0.29, 0.717) is 34.1 Å². The Hall–Kier alpha value is -3.67. The first kappa shape index (κ1) is 25.6. The number of hydrogen-bond donors (Lipinski definition) is 0. The Morgan fingerprint density at radius 3 is 2.64 bits per heavy atom. The highest BCUT2D eigenvalue weighted by Crippen LogP contribution is 2.38. The molecule has 0 saturated carbocycles. The third-order valence-electron chi connectivity index (χ3n) is 7.47. The van der Waals surface area contributed by atoms with Crippen LogP contribution in [0.15, 0.2) is 66.7 Å². The van der Waals surface area contributed by atoms with E-state index in [1.54, 1.807) is 17.9 Å². The predicted octanol–water partition coefficient (Wildman–Crippen LogP) is 7.55. The van der Waals surface area contributed by atoms with Gasteiger partial charge in [-0.3, -0.25) is 4.79 Å². The number of benzene rings is 3. The molecule has 39 heavy (non-hydrogen) atoms. The number of pyridine rings is 1. The Kier molecular flexibility index (Phi) is 6.88. The summed E-state index contributed by atoms with van der Waals surface area (Å²) < 4.78 is 5.87. The van der Waals surface area contributed by atoms with Gasteiger partial charge in [-0.15, -0.1) is 0 Å². The zero-order valence-electron chi connectivity index (χ0n) is 21.4. The maximum absolute atomic E-state index is 13.8. The van der Waals surface area contributed by atoms with Crippen LogP contribution >= 0.6 is 23.2 Å². The molecule has 3 aromatic carbocycles. The van der Waals surface area contributed by atoms with Crippen LogP contribution in [-0.4, -0.2) is 29.5 Å². The second kappa shape index (κ2) is 10.5. The van der Waals surface area contributed by atoms with Gasteiger partial charge in [-0.05, 0) is 79.1 Å². The van der Waals surface area contributed by atoms with Crippen LogP contribution in [0.4, 0.5) is 5.69 Å². The number of anilines is 1. The highest BCUT2D eigenvalue weighted by molar-refractivity contribution is 6.43. The van der Waals surface area contributed by atoms with Crippen molar-refractivity contribution in [2.75, 3.05) is 11.4 Å². The van der Waals surface area contributed by atoms with Gasteiger partial charge in [-0.25, -0.2) is 9.78 Å². The van der Waals surface area contributed by atoms with Crippen LogP contribution in [0.2, 0.25) is 10.0 Å². The molecule has 1 unspecified atom stereocenters. The lowest BCUT2D eigenvalue weighted by Crippen LogP contribution is -2.39. The molecule has 7 heteroatoms. The van der Waals surface area contributed by atoms with E-state index in [9.17, 15) is 9.59 Å². The lowest BCUT2D eigenvalue weighted by molar-refractivity contribution is -0.126. The summed E-state index contributed by atoms with van der Waals surface area (Å²) in [6.45, 7) is 2.22. The van der Waals surface area contributed by atoms with Crippen LogP contribution in [0, 0.1) is 0 Å². The van der Waals surface area contributed by atoms with Crippen LogP contribution in [-0.2, 0) is 22.4 Å². The van der Waals surface area contributed by atoms with Crippen LogP contribution in [0.1, 0.15) is 52.5 Å². The molecule has 1 aliphatic heterocycles. The molecule has 2 aliphatic rings. The fraction of sp³-hybridized carbons (Fsp3) is 0.219. The number of amides is 1. The number of ether oxygens (including phenoxy) is 1. The van der Waals surface area contributed by atoms with E-state index in [-0.39, 0.29) is 5.91 Å². The topological polar surface area (TPSA) is 59.5 Å². The number of carbonyl (C=O) groups is 2. The number of halogens is 2. The number of nitrogens with zero attached hydrogens (tertiary/aromatic N) is 2.